The van der Waals surface area contributed by atoms with E-state index in [1.165, 1.54) is 6.20 Å². The number of nitrogens with zero attached hydrogens (tertiary/aromatic N) is 1. The Balaban J connectivity index is 1.95. The Morgan fingerprint density at radius 2 is 1.88 bits per heavy atom. The molecule has 1 N–H and O–H groups in total. The lowest BCUT2D eigenvalue weighted by Gasteiger charge is -2.10. The van der Waals surface area contributed by atoms with Crippen LogP contribution in [-0.2, 0) is 9.53 Å². The number of esters is 1. The number of benzene rings is 1. The fraction of sp³-hybridized carbons (Fsp3) is 0.222. The highest BCUT2D eigenvalue weighted by Crippen LogP contribution is 2.17. The SMILES string of the molecule is CCOC(=O)c1ccccc1NC(=O)CCC(=O)c1cccnc1. The minimum atomic E-state index is -0.500. The normalized spacial score (nSPS) is 10.0. The average Bonchev–Trinajstić information content (AvgIpc) is 2.61. The minimum Gasteiger partial charge on any atom is -0.462 e. The third-order valence-corrected chi connectivity index (χ3v) is 3.26. The summed E-state index contributed by atoms with van der Waals surface area (Å²) in [6.07, 6.45) is 3.14. The van der Waals surface area contributed by atoms with Crippen molar-refractivity contribution in [2.75, 3.05) is 11.9 Å². The first kappa shape index (κ1) is 17.3. The lowest BCUT2D eigenvalue weighted by Crippen LogP contribution is -2.16. The predicted octanol–water partition coefficient (Wildman–Crippen LogP) is 2.86. The van der Waals surface area contributed by atoms with E-state index in [4.69, 9.17) is 4.74 Å². The van der Waals surface area contributed by atoms with Crippen LogP contribution in [0.3, 0.4) is 0 Å². The third-order valence-electron chi connectivity index (χ3n) is 3.26. The number of Topliss-reactive ketones (excluding diaryl/α,β-unsaturated/α-hetero) is 1. The molecule has 6 nitrogen and oxygen atoms in total. The smallest absolute Gasteiger partial charge is 0.340 e. The molecule has 0 aliphatic rings. The van der Waals surface area contributed by atoms with Crippen LogP contribution in [-0.4, -0.2) is 29.3 Å². The first-order valence-electron chi connectivity index (χ1n) is 7.61. The van der Waals surface area contributed by atoms with E-state index in [-0.39, 0.29) is 36.7 Å². The zero-order chi connectivity index (χ0) is 17.4. The Bertz CT molecular complexity index is 729. The number of hydrogen-bond acceptors (Lipinski definition) is 5. The molecule has 0 aliphatic carbocycles. The van der Waals surface area contributed by atoms with E-state index in [1.54, 1.807) is 49.5 Å². The molecular formula is C18H18N2O4. The van der Waals surface area contributed by atoms with E-state index in [9.17, 15) is 14.4 Å². The fourth-order valence-corrected chi connectivity index (χ4v) is 2.09. The Labute approximate surface area is 139 Å². The molecule has 0 saturated carbocycles. The molecule has 2 aromatic rings. The summed E-state index contributed by atoms with van der Waals surface area (Å²) in [4.78, 5) is 39.8. The molecule has 1 aromatic carbocycles. The van der Waals surface area contributed by atoms with Crippen LogP contribution in [0.5, 0.6) is 0 Å². The first-order valence-corrected chi connectivity index (χ1v) is 7.61. The van der Waals surface area contributed by atoms with Gasteiger partial charge in [-0.25, -0.2) is 4.79 Å². The standard InChI is InChI=1S/C18H18N2O4/c1-2-24-18(23)14-7-3-4-8-15(14)20-17(22)10-9-16(21)13-6-5-11-19-12-13/h3-8,11-12H,2,9-10H2,1H3,(H,20,22). The number of pyridine rings is 1. The van der Waals surface area contributed by atoms with Gasteiger partial charge in [-0.15, -0.1) is 0 Å². The summed E-state index contributed by atoms with van der Waals surface area (Å²) in [5, 5.41) is 2.65. The van der Waals surface area contributed by atoms with E-state index in [1.807, 2.05) is 0 Å². The molecule has 24 heavy (non-hydrogen) atoms. The molecule has 0 unspecified atom stereocenters. The number of carbonyl (C=O) groups excluding carboxylic acids is 3. The van der Waals surface area contributed by atoms with E-state index < -0.39 is 5.97 Å². The monoisotopic (exact) mass is 326 g/mol. The Hall–Kier alpha value is -3.02. The molecule has 2 rings (SSSR count). The second-order valence-corrected chi connectivity index (χ2v) is 4.98. The maximum atomic E-state index is 12.0. The van der Waals surface area contributed by atoms with Gasteiger partial charge in [-0.3, -0.25) is 14.6 Å². The van der Waals surface area contributed by atoms with Crippen LogP contribution < -0.4 is 5.32 Å². The van der Waals surface area contributed by atoms with E-state index >= 15 is 0 Å². The van der Waals surface area contributed by atoms with Gasteiger partial charge in [-0.05, 0) is 31.2 Å². The van der Waals surface area contributed by atoms with Crippen LogP contribution >= 0.6 is 0 Å². The van der Waals surface area contributed by atoms with Crippen LogP contribution in [0, 0.1) is 0 Å². The van der Waals surface area contributed by atoms with Crippen LogP contribution in [0.4, 0.5) is 5.69 Å². The van der Waals surface area contributed by atoms with Gasteiger partial charge in [0.05, 0.1) is 17.9 Å². The molecule has 0 aliphatic heterocycles. The zero-order valence-electron chi connectivity index (χ0n) is 13.3. The number of ketones is 1. The van der Waals surface area contributed by atoms with Gasteiger partial charge < -0.3 is 10.1 Å². The lowest BCUT2D eigenvalue weighted by molar-refractivity contribution is -0.116. The quantitative estimate of drug-likeness (QED) is 0.624. The summed E-state index contributed by atoms with van der Waals surface area (Å²) >= 11 is 0. The van der Waals surface area contributed by atoms with Gasteiger partial charge in [-0.2, -0.15) is 0 Å². The molecule has 6 heteroatoms. The molecule has 1 heterocycles. The third kappa shape index (κ3) is 4.74. The topological polar surface area (TPSA) is 85.4 Å². The second-order valence-electron chi connectivity index (χ2n) is 4.98. The van der Waals surface area contributed by atoms with Crippen molar-refractivity contribution in [3.8, 4) is 0 Å². The van der Waals surface area contributed by atoms with Gasteiger partial charge in [0.2, 0.25) is 5.91 Å². The second kappa shape index (κ2) is 8.57. The lowest BCUT2D eigenvalue weighted by atomic mass is 10.1. The van der Waals surface area contributed by atoms with Crippen LogP contribution in [0.1, 0.15) is 40.5 Å². The van der Waals surface area contributed by atoms with Crippen molar-refractivity contribution in [1.29, 1.82) is 0 Å². The van der Waals surface area contributed by atoms with Crippen molar-refractivity contribution < 1.29 is 19.1 Å². The van der Waals surface area contributed by atoms with Gasteiger partial charge in [0.1, 0.15) is 0 Å². The number of ether oxygens (including phenoxy) is 1. The number of rotatable bonds is 7. The minimum absolute atomic E-state index is 0.0187. The van der Waals surface area contributed by atoms with Gasteiger partial charge in [0, 0.05) is 30.8 Å². The highest BCUT2D eigenvalue weighted by molar-refractivity contribution is 6.03. The van der Waals surface area contributed by atoms with E-state index in [0.29, 0.717) is 11.3 Å². The van der Waals surface area contributed by atoms with Crippen LogP contribution in [0.15, 0.2) is 48.8 Å². The van der Waals surface area contributed by atoms with Crippen molar-refractivity contribution >= 4 is 23.3 Å². The highest BCUT2D eigenvalue weighted by Gasteiger charge is 2.15. The summed E-state index contributed by atoms with van der Waals surface area (Å²) in [7, 11) is 0. The molecule has 1 amide bonds. The molecule has 0 saturated heterocycles. The number of anilines is 1. The van der Waals surface area contributed by atoms with Gasteiger partial charge >= 0.3 is 5.97 Å². The predicted molar refractivity (Wildman–Crippen MR) is 88.8 cm³/mol. The Morgan fingerprint density at radius 1 is 1.08 bits per heavy atom. The van der Waals surface area contributed by atoms with Crippen molar-refractivity contribution in [3.63, 3.8) is 0 Å². The zero-order valence-corrected chi connectivity index (χ0v) is 13.3. The number of nitrogens with one attached hydrogen (secondary N) is 1. The van der Waals surface area contributed by atoms with E-state index in [2.05, 4.69) is 10.3 Å². The molecule has 0 radical (unpaired) electrons. The molecule has 1 aromatic heterocycles. The van der Waals surface area contributed by atoms with Crippen LogP contribution in [0.25, 0.3) is 0 Å². The van der Waals surface area contributed by atoms with Gasteiger partial charge in [-0.1, -0.05) is 12.1 Å². The molecular weight excluding hydrogens is 308 g/mol. The summed E-state index contributed by atoms with van der Waals surface area (Å²) in [5.41, 5.74) is 1.12. The fourth-order valence-electron chi connectivity index (χ4n) is 2.09. The molecule has 0 spiro atoms. The molecule has 0 fully saturated rings. The molecule has 0 atom stereocenters. The maximum absolute atomic E-state index is 12.0. The van der Waals surface area contributed by atoms with Crippen molar-refractivity contribution in [3.05, 3.63) is 59.9 Å². The number of hydrogen-bond donors (Lipinski definition) is 1. The highest BCUT2D eigenvalue weighted by atomic mass is 16.5. The number of carbonyl (C=O) groups is 3. The summed E-state index contributed by atoms with van der Waals surface area (Å²) in [6.45, 7) is 1.96. The van der Waals surface area contributed by atoms with Crippen molar-refractivity contribution in [2.45, 2.75) is 19.8 Å². The summed E-state index contributed by atoms with van der Waals surface area (Å²) < 4.78 is 4.95. The maximum Gasteiger partial charge on any atom is 0.340 e. The molecule has 124 valence electrons. The Morgan fingerprint density at radius 3 is 2.58 bits per heavy atom. The number of para-hydroxylation sites is 1. The first-order chi connectivity index (χ1) is 11.6. The van der Waals surface area contributed by atoms with E-state index in [0.717, 1.165) is 0 Å². The van der Waals surface area contributed by atoms with Gasteiger partial charge in [0.25, 0.3) is 0 Å². The summed E-state index contributed by atoms with van der Waals surface area (Å²) in [6, 6.07) is 9.92. The summed E-state index contributed by atoms with van der Waals surface area (Å²) in [5.74, 6) is -0.999. The number of aromatic nitrogens is 1. The Kier molecular flexibility index (Phi) is 6.19. The van der Waals surface area contributed by atoms with Crippen molar-refractivity contribution in [2.24, 2.45) is 0 Å². The van der Waals surface area contributed by atoms with Crippen LogP contribution in [0.2, 0.25) is 0 Å². The molecule has 0 bridgehead atoms. The largest absolute Gasteiger partial charge is 0.462 e. The van der Waals surface area contributed by atoms with Crippen molar-refractivity contribution in [1.82, 2.24) is 4.98 Å². The van der Waals surface area contributed by atoms with Gasteiger partial charge in [0.15, 0.2) is 5.78 Å². The number of amides is 1. The average molecular weight is 326 g/mol.